The average molecular weight is 477 g/mol. The highest BCUT2D eigenvalue weighted by molar-refractivity contribution is 6.35. The van der Waals surface area contributed by atoms with Crippen molar-refractivity contribution in [3.05, 3.63) is 80.7 Å². The van der Waals surface area contributed by atoms with Crippen LogP contribution in [0.3, 0.4) is 0 Å². The lowest BCUT2D eigenvalue weighted by Gasteiger charge is -2.16. The van der Waals surface area contributed by atoms with Crippen LogP contribution < -0.4 is 10.1 Å². The summed E-state index contributed by atoms with van der Waals surface area (Å²) >= 11 is 12.0. The number of hydrogen-bond acceptors (Lipinski definition) is 6. The number of hydrogen-bond donors (Lipinski definition) is 1. The zero-order chi connectivity index (χ0) is 23.3. The molecule has 0 spiro atoms. The summed E-state index contributed by atoms with van der Waals surface area (Å²) in [5.74, 6) is 0.215. The molecular formula is C23H22Cl2N2O5. The van der Waals surface area contributed by atoms with Gasteiger partial charge in [-0.15, -0.1) is 0 Å². The van der Waals surface area contributed by atoms with Crippen LogP contribution >= 0.6 is 23.2 Å². The first-order valence-corrected chi connectivity index (χ1v) is 10.6. The molecule has 0 aliphatic rings. The van der Waals surface area contributed by atoms with Crippen LogP contribution in [-0.4, -0.2) is 23.6 Å². The minimum absolute atomic E-state index is 0.302. The second-order valence-electron chi connectivity index (χ2n) is 7.15. The van der Waals surface area contributed by atoms with Crippen LogP contribution in [0.5, 0.6) is 5.75 Å². The normalized spacial score (nSPS) is 11.7. The Balaban J connectivity index is 1.48. The highest BCUT2D eigenvalue weighted by atomic mass is 35.5. The maximum Gasteiger partial charge on any atom is 0.338 e. The second-order valence-corrected chi connectivity index (χ2v) is 7.99. The number of aryl methyl sites for hydroxylation is 2. The third-order valence-corrected chi connectivity index (χ3v) is 5.36. The minimum atomic E-state index is -0.616. The predicted octanol–water partition coefficient (Wildman–Crippen LogP) is 5.21. The number of halogens is 2. The van der Waals surface area contributed by atoms with E-state index in [0.717, 1.165) is 11.3 Å². The molecule has 1 heterocycles. The van der Waals surface area contributed by atoms with Crippen molar-refractivity contribution < 1.29 is 23.6 Å². The molecule has 1 aromatic heterocycles. The van der Waals surface area contributed by atoms with E-state index in [1.165, 1.54) is 0 Å². The number of ether oxygens (including phenoxy) is 2. The van der Waals surface area contributed by atoms with Crippen LogP contribution in [-0.2, 0) is 16.1 Å². The fraction of sp³-hybridized carbons (Fsp3) is 0.261. The van der Waals surface area contributed by atoms with E-state index in [1.807, 2.05) is 13.8 Å². The fourth-order valence-electron chi connectivity index (χ4n) is 2.98. The second kappa shape index (κ2) is 10.5. The summed E-state index contributed by atoms with van der Waals surface area (Å²) in [6, 6.07) is 11.1. The SMILES string of the molecule is Cc1noc(C)c1COc1ccc(C(=O)OCC(=O)NC(C)c2ccc(Cl)cc2Cl)cc1. The molecule has 0 aliphatic carbocycles. The molecule has 2 aromatic carbocycles. The molecule has 7 nitrogen and oxygen atoms in total. The summed E-state index contributed by atoms with van der Waals surface area (Å²) in [6.07, 6.45) is 0. The number of esters is 1. The van der Waals surface area contributed by atoms with Gasteiger partial charge in [0.05, 0.1) is 22.9 Å². The number of aromatic nitrogens is 1. The summed E-state index contributed by atoms with van der Waals surface area (Å²) in [5, 5.41) is 7.57. The van der Waals surface area contributed by atoms with Crippen molar-refractivity contribution in [2.75, 3.05) is 6.61 Å². The van der Waals surface area contributed by atoms with E-state index in [4.69, 9.17) is 37.2 Å². The lowest BCUT2D eigenvalue weighted by Crippen LogP contribution is -2.31. The van der Waals surface area contributed by atoms with E-state index in [9.17, 15) is 9.59 Å². The topological polar surface area (TPSA) is 90.7 Å². The Bertz CT molecular complexity index is 1090. The average Bonchev–Trinajstić information content (AvgIpc) is 3.08. The number of nitrogens with zero attached hydrogens (tertiary/aromatic N) is 1. The summed E-state index contributed by atoms with van der Waals surface area (Å²) in [5.41, 5.74) is 2.67. The summed E-state index contributed by atoms with van der Waals surface area (Å²) in [7, 11) is 0. The predicted molar refractivity (Wildman–Crippen MR) is 120 cm³/mol. The Labute approximate surface area is 195 Å². The maximum atomic E-state index is 12.2. The molecule has 1 atom stereocenters. The molecule has 1 N–H and O–H groups in total. The number of nitrogens with one attached hydrogen (secondary N) is 1. The largest absolute Gasteiger partial charge is 0.489 e. The molecule has 0 fully saturated rings. The van der Waals surface area contributed by atoms with E-state index in [2.05, 4.69) is 10.5 Å². The molecule has 168 valence electrons. The van der Waals surface area contributed by atoms with Gasteiger partial charge in [0.2, 0.25) is 0 Å². The first-order valence-electron chi connectivity index (χ1n) is 9.80. The molecule has 1 unspecified atom stereocenters. The molecular weight excluding hydrogens is 455 g/mol. The Morgan fingerprint density at radius 1 is 1.12 bits per heavy atom. The van der Waals surface area contributed by atoms with Gasteiger partial charge >= 0.3 is 5.97 Å². The van der Waals surface area contributed by atoms with Crippen LogP contribution in [0, 0.1) is 13.8 Å². The van der Waals surface area contributed by atoms with Crippen molar-refractivity contribution in [1.29, 1.82) is 0 Å². The first-order chi connectivity index (χ1) is 15.2. The van der Waals surface area contributed by atoms with Gasteiger partial charge in [0.15, 0.2) is 6.61 Å². The minimum Gasteiger partial charge on any atom is -0.489 e. The molecule has 0 aliphatic heterocycles. The Kier molecular flexibility index (Phi) is 7.77. The highest BCUT2D eigenvalue weighted by Gasteiger charge is 2.16. The van der Waals surface area contributed by atoms with Gasteiger partial charge in [-0.1, -0.05) is 34.4 Å². The standard InChI is InChI=1S/C23H22Cl2N2O5/c1-13(19-9-6-17(24)10-21(19)25)26-22(28)12-31-23(29)16-4-7-18(8-5-16)30-11-20-14(2)27-32-15(20)3/h4-10,13H,11-12H2,1-3H3,(H,26,28). The Morgan fingerprint density at radius 3 is 2.47 bits per heavy atom. The third kappa shape index (κ3) is 6.02. The van der Waals surface area contributed by atoms with E-state index in [1.54, 1.807) is 49.4 Å². The molecule has 0 bridgehead atoms. The van der Waals surface area contributed by atoms with E-state index < -0.39 is 18.5 Å². The monoisotopic (exact) mass is 476 g/mol. The number of carbonyl (C=O) groups is 2. The number of carbonyl (C=O) groups excluding carboxylic acids is 2. The van der Waals surface area contributed by atoms with E-state index in [0.29, 0.717) is 39.3 Å². The number of rotatable bonds is 8. The van der Waals surface area contributed by atoms with Crippen molar-refractivity contribution in [1.82, 2.24) is 10.5 Å². The van der Waals surface area contributed by atoms with Crippen LogP contribution in [0.4, 0.5) is 0 Å². The van der Waals surface area contributed by atoms with Gasteiger partial charge in [0, 0.05) is 10.0 Å². The van der Waals surface area contributed by atoms with Crippen molar-refractivity contribution in [3.8, 4) is 5.75 Å². The van der Waals surface area contributed by atoms with Gasteiger partial charge in [-0.05, 0) is 62.7 Å². The van der Waals surface area contributed by atoms with E-state index >= 15 is 0 Å². The van der Waals surface area contributed by atoms with Crippen LogP contribution in [0.15, 0.2) is 47.0 Å². The van der Waals surface area contributed by atoms with Crippen LogP contribution in [0.1, 0.15) is 45.9 Å². The molecule has 1 amide bonds. The zero-order valence-corrected chi connectivity index (χ0v) is 19.3. The van der Waals surface area contributed by atoms with Gasteiger partial charge in [0.25, 0.3) is 5.91 Å². The fourth-order valence-corrected chi connectivity index (χ4v) is 3.55. The highest BCUT2D eigenvalue weighted by Crippen LogP contribution is 2.26. The lowest BCUT2D eigenvalue weighted by atomic mass is 10.1. The third-order valence-electron chi connectivity index (χ3n) is 4.80. The molecule has 0 saturated carbocycles. The van der Waals surface area contributed by atoms with Crippen molar-refractivity contribution in [2.24, 2.45) is 0 Å². The molecule has 0 radical (unpaired) electrons. The summed E-state index contributed by atoms with van der Waals surface area (Å²) in [6.45, 7) is 5.32. The summed E-state index contributed by atoms with van der Waals surface area (Å²) in [4.78, 5) is 24.4. The molecule has 0 saturated heterocycles. The number of benzene rings is 2. The smallest absolute Gasteiger partial charge is 0.338 e. The zero-order valence-electron chi connectivity index (χ0n) is 17.8. The Morgan fingerprint density at radius 2 is 1.84 bits per heavy atom. The van der Waals surface area contributed by atoms with Gasteiger partial charge in [-0.2, -0.15) is 0 Å². The van der Waals surface area contributed by atoms with Crippen LogP contribution in [0.25, 0.3) is 0 Å². The van der Waals surface area contributed by atoms with Crippen molar-refractivity contribution in [2.45, 2.75) is 33.4 Å². The quantitative estimate of drug-likeness (QED) is 0.448. The first kappa shape index (κ1) is 23.6. The maximum absolute atomic E-state index is 12.2. The lowest BCUT2D eigenvalue weighted by molar-refractivity contribution is -0.124. The number of amides is 1. The molecule has 32 heavy (non-hydrogen) atoms. The molecule has 3 aromatic rings. The molecule has 9 heteroatoms. The van der Waals surface area contributed by atoms with Gasteiger partial charge in [0.1, 0.15) is 18.1 Å². The van der Waals surface area contributed by atoms with E-state index in [-0.39, 0.29) is 6.04 Å². The van der Waals surface area contributed by atoms with Crippen LogP contribution in [0.2, 0.25) is 10.0 Å². The summed E-state index contributed by atoms with van der Waals surface area (Å²) < 4.78 is 15.9. The Hall–Kier alpha value is -3.03. The van der Waals surface area contributed by atoms with Crippen molar-refractivity contribution >= 4 is 35.1 Å². The van der Waals surface area contributed by atoms with Gasteiger partial charge in [-0.3, -0.25) is 4.79 Å². The van der Waals surface area contributed by atoms with Crippen molar-refractivity contribution in [3.63, 3.8) is 0 Å². The van der Waals surface area contributed by atoms with Gasteiger partial charge < -0.3 is 19.3 Å². The molecule has 3 rings (SSSR count). The van der Waals surface area contributed by atoms with Gasteiger partial charge in [-0.25, -0.2) is 4.79 Å².